The van der Waals surface area contributed by atoms with Gasteiger partial charge in [-0.25, -0.2) is 28.4 Å². The van der Waals surface area contributed by atoms with Crippen molar-refractivity contribution >= 4 is 33.7 Å². The summed E-state index contributed by atoms with van der Waals surface area (Å²) in [5.41, 5.74) is 4.12. The Labute approximate surface area is 262 Å². The van der Waals surface area contributed by atoms with Crippen molar-refractivity contribution < 1.29 is 18.3 Å². The number of rotatable bonds is 2. The minimum absolute atomic E-state index is 0.0516. The van der Waals surface area contributed by atoms with Gasteiger partial charge < -0.3 is 14.5 Å². The van der Waals surface area contributed by atoms with Crippen molar-refractivity contribution in [3.63, 3.8) is 0 Å². The number of hydrogen-bond donors (Lipinski definition) is 0. The molecule has 1 fully saturated rings. The Kier molecular flexibility index (Phi) is 6.62. The first-order chi connectivity index (χ1) is 22.4. The summed E-state index contributed by atoms with van der Waals surface area (Å²) in [6, 6.07) is 14.4. The quantitative estimate of drug-likeness (QED) is 0.279. The second-order valence-corrected chi connectivity index (χ2v) is 11.7. The molecule has 0 aliphatic carbocycles. The summed E-state index contributed by atoms with van der Waals surface area (Å²) in [6.07, 6.45) is 4.38. The third-order valence-corrected chi connectivity index (χ3v) is 8.85. The van der Waals surface area contributed by atoms with E-state index < -0.39 is 17.7 Å². The smallest absolute Gasteiger partial charge is 0.245 e. The van der Waals surface area contributed by atoms with E-state index in [-0.39, 0.29) is 17.7 Å². The maximum absolute atomic E-state index is 14.7. The molecule has 1 saturated heterocycles. The summed E-state index contributed by atoms with van der Waals surface area (Å²) >= 11 is 0. The summed E-state index contributed by atoms with van der Waals surface area (Å²) in [5.74, 6) is -0.599. The van der Waals surface area contributed by atoms with E-state index in [0.29, 0.717) is 42.2 Å². The summed E-state index contributed by atoms with van der Waals surface area (Å²) in [5, 5.41) is 10.7. The van der Waals surface area contributed by atoms with Gasteiger partial charge in [0.05, 0.1) is 29.3 Å². The van der Waals surface area contributed by atoms with E-state index in [1.54, 1.807) is 4.90 Å². The molecule has 6 aromatic rings. The van der Waals surface area contributed by atoms with Gasteiger partial charge in [0.15, 0.2) is 11.5 Å². The maximum Gasteiger partial charge on any atom is 0.245 e. The van der Waals surface area contributed by atoms with E-state index in [4.69, 9.17) is 14.8 Å². The first kappa shape index (κ1) is 28.0. The lowest BCUT2D eigenvalue weighted by molar-refractivity contribution is -0.131. The van der Waals surface area contributed by atoms with Crippen LogP contribution in [0.15, 0.2) is 67.1 Å². The second-order valence-electron chi connectivity index (χ2n) is 11.7. The predicted octanol–water partition coefficient (Wildman–Crippen LogP) is 4.47. The Hall–Kier alpha value is -5.46. The van der Waals surface area contributed by atoms with Gasteiger partial charge in [0, 0.05) is 55.8 Å². The van der Waals surface area contributed by atoms with Gasteiger partial charge in [-0.3, -0.25) is 9.48 Å². The van der Waals surface area contributed by atoms with E-state index >= 15 is 0 Å². The molecule has 1 amide bonds. The number of halogens is 2. The van der Waals surface area contributed by atoms with Crippen LogP contribution in [0.1, 0.15) is 18.5 Å². The first-order valence-electron chi connectivity index (χ1n) is 15.1. The van der Waals surface area contributed by atoms with Crippen LogP contribution in [0.25, 0.3) is 38.9 Å². The molecule has 4 aromatic heterocycles. The number of hydrogen-bond acceptors (Lipinski definition) is 8. The molecule has 2 atom stereocenters. The van der Waals surface area contributed by atoms with Crippen LogP contribution in [0.5, 0.6) is 5.88 Å². The molecule has 11 nitrogen and oxygen atoms in total. The van der Waals surface area contributed by atoms with Crippen LogP contribution in [-0.4, -0.2) is 77.6 Å². The molecule has 46 heavy (non-hydrogen) atoms. The Morgan fingerprint density at radius 2 is 1.89 bits per heavy atom. The van der Waals surface area contributed by atoms with Crippen molar-refractivity contribution in [3.8, 4) is 22.8 Å². The molecule has 0 saturated carbocycles. The molecule has 2 unspecified atom stereocenters. The number of carbonyl (C=O) groups excluding carboxylic acids is 1. The van der Waals surface area contributed by atoms with Crippen molar-refractivity contribution in [2.24, 2.45) is 7.05 Å². The van der Waals surface area contributed by atoms with Gasteiger partial charge in [0.2, 0.25) is 11.8 Å². The number of anilines is 1. The van der Waals surface area contributed by atoms with Gasteiger partial charge >= 0.3 is 0 Å². The van der Waals surface area contributed by atoms with E-state index in [0.717, 1.165) is 46.8 Å². The van der Waals surface area contributed by atoms with Gasteiger partial charge in [-0.2, -0.15) is 10.2 Å². The number of pyridine rings is 1. The normalized spacial score (nSPS) is 18.6. The van der Waals surface area contributed by atoms with Crippen molar-refractivity contribution in [1.29, 1.82) is 0 Å². The molecule has 0 radical (unpaired) electrons. The Bertz CT molecular complexity index is 2150. The summed E-state index contributed by atoms with van der Waals surface area (Å²) in [7, 11) is 3.76. The standard InChI is InChI=1S/C33H29F2N9O2/c1-41-13-5-9-27-30-21(6-3-8-25(30)40-42(27)2)24-7-4-10-29(39-24)46-20-15-28(33(41)45)43(17-20)31-22-16-38-44(32(22)37-18-36-31)26-12-11-19(34)14-23(26)35/h3-4,6-8,10-12,14,16,18,20,28H,5,9,13,15,17H2,1-2H3. The molecule has 0 spiro atoms. The van der Waals surface area contributed by atoms with Crippen LogP contribution in [0, 0.1) is 11.6 Å². The van der Waals surface area contributed by atoms with Crippen LogP contribution >= 0.6 is 0 Å². The zero-order valence-electron chi connectivity index (χ0n) is 25.1. The highest BCUT2D eigenvalue weighted by Crippen LogP contribution is 2.35. The number of nitrogens with zero attached hydrogens (tertiary/aromatic N) is 9. The first-order valence-corrected chi connectivity index (χ1v) is 15.1. The van der Waals surface area contributed by atoms with Crippen molar-refractivity contribution in [3.05, 3.63) is 84.4 Å². The van der Waals surface area contributed by atoms with Crippen molar-refractivity contribution in [2.45, 2.75) is 31.4 Å². The number of likely N-dealkylation sites (N-methyl/N-ethyl adjacent to an activating group) is 1. The fraction of sp³-hybridized carbons (Fsp3) is 0.273. The lowest BCUT2D eigenvalue weighted by Crippen LogP contribution is -2.45. The molecule has 13 heteroatoms. The molecular weight excluding hydrogens is 592 g/mol. The van der Waals surface area contributed by atoms with Crippen LogP contribution in [0.4, 0.5) is 14.6 Å². The molecule has 4 bridgehead atoms. The van der Waals surface area contributed by atoms with Crippen molar-refractivity contribution in [2.75, 3.05) is 25.0 Å². The lowest BCUT2D eigenvalue weighted by Gasteiger charge is -2.28. The summed E-state index contributed by atoms with van der Waals surface area (Å²) in [6.45, 7) is 0.886. The number of aryl methyl sites for hydroxylation is 2. The second kappa shape index (κ2) is 10.9. The SMILES string of the molecule is CN1CCCc2c3c(cccc3nn2C)-c2cccc(n2)OC2CC(C1=O)N(c1ncnc3c1cnn3-c1ccc(F)cc1F)C2. The molecule has 6 heterocycles. The van der Waals surface area contributed by atoms with Crippen LogP contribution in [0.3, 0.4) is 0 Å². The zero-order valence-corrected chi connectivity index (χ0v) is 25.1. The Balaban J connectivity index is 1.20. The van der Waals surface area contributed by atoms with Crippen molar-refractivity contribution in [1.82, 2.24) is 39.4 Å². The minimum atomic E-state index is -0.771. The summed E-state index contributed by atoms with van der Waals surface area (Å²) < 4.78 is 38.1. The zero-order chi connectivity index (χ0) is 31.5. The third-order valence-electron chi connectivity index (χ3n) is 8.85. The Morgan fingerprint density at radius 1 is 1.02 bits per heavy atom. The van der Waals surface area contributed by atoms with Gasteiger partial charge in [-0.15, -0.1) is 0 Å². The monoisotopic (exact) mass is 621 g/mol. The predicted molar refractivity (Wildman–Crippen MR) is 167 cm³/mol. The van der Waals surface area contributed by atoms with E-state index in [1.165, 1.54) is 29.3 Å². The number of amides is 1. The molecule has 0 N–H and O–H groups in total. The van der Waals surface area contributed by atoms with Crippen LogP contribution in [0.2, 0.25) is 0 Å². The highest BCUT2D eigenvalue weighted by Gasteiger charge is 2.41. The average molecular weight is 622 g/mol. The van der Waals surface area contributed by atoms with E-state index in [1.807, 2.05) is 54.0 Å². The van der Waals surface area contributed by atoms with E-state index in [9.17, 15) is 13.6 Å². The number of ether oxygens (including phenoxy) is 1. The van der Waals surface area contributed by atoms with Gasteiger partial charge in [0.25, 0.3) is 0 Å². The molecule has 8 rings (SSSR count). The number of carbonyl (C=O) groups is 1. The summed E-state index contributed by atoms with van der Waals surface area (Å²) in [4.78, 5) is 31.6. The molecule has 2 aliphatic rings. The van der Waals surface area contributed by atoms with Gasteiger partial charge in [0.1, 0.15) is 35.8 Å². The minimum Gasteiger partial charge on any atom is -0.472 e. The molecule has 232 valence electrons. The topological polar surface area (TPSA) is 107 Å². The number of aromatic nitrogens is 7. The molecular formula is C33H29F2N9O2. The fourth-order valence-electron chi connectivity index (χ4n) is 6.70. The van der Waals surface area contributed by atoms with Crippen LogP contribution < -0.4 is 9.64 Å². The highest BCUT2D eigenvalue weighted by molar-refractivity contribution is 5.96. The number of fused-ring (bicyclic) bond motifs is 6. The van der Waals surface area contributed by atoms with Crippen LogP contribution in [-0.2, 0) is 18.3 Å². The number of benzene rings is 2. The fourth-order valence-corrected chi connectivity index (χ4v) is 6.70. The van der Waals surface area contributed by atoms with E-state index in [2.05, 4.69) is 21.1 Å². The Morgan fingerprint density at radius 3 is 2.76 bits per heavy atom. The third kappa shape index (κ3) is 4.61. The largest absolute Gasteiger partial charge is 0.472 e. The highest BCUT2D eigenvalue weighted by atomic mass is 19.1. The molecule has 2 aliphatic heterocycles. The van der Waals surface area contributed by atoms with Gasteiger partial charge in [-0.05, 0) is 37.1 Å². The maximum atomic E-state index is 14.7. The molecule has 2 aromatic carbocycles. The average Bonchev–Trinajstić information content (AvgIpc) is 3.75. The lowest BCUT2D eigenvalue weighted by atomic mass is 10.0. The van der Waals surface area contributed by atoms with Gasteiger partial charge in [-0.1, -0.05) is 18.2 Å².